The van der Waals surface area contributed by atoms with Crippen molar-refractivity contribution in [1.29, 1.82) is 0 Å². The van der Waals surface area contributed by atoms with Crippen LogP contribution in [0, 0.1) is 0 Å². The zero-order valence-corrected chi connectivity index (χ0v) is 20.1. The van der Waals surface area contributed by atoms with Crippen molar-refractivity contribution in [3.63, 3.8) is 0 Å². The highest BCUT2D eigenvalue weighted by Crippen LogP contribution is 2.34. The summed E-state index contributed by atoms with van der Waals surface area (Å²) < 4.78 is 40.0. The van der Waals surface area contributed by atoms with Gasteiger partial charge >= 0.3 is 6.18 Å². The van der Waals surface area contributed by atoms with Gasteiger partial charge in [0, 0.05) is 37.5 Å². The standard InChI is InChI=1S/C26H26F3N3O2S/c1-2-31(16-18-8-4-3-5-9-18)25(34)22-17-35-23(30-22)19-12-14-32(15-13-19)24(33)20-10-6-7-11-21(20)26(27,28)29/h3-11,17,19H,2,12-16H2,1H3. The molecule has 0 spiro atoms. The summed E-state index contributed by atoms with van der Waals surface area (Å²) in [6.07, 6.45) is -3.41. The van der Waals surface area contributed by atoms with Gasteiger partial charge in [-0.1, -0.05) is 42.5 Å². The lowest BCUT2D eigenvalue weighted by atomic mass is 9.96. The third kappa shape index (κ3) is 5.73. The average Bonchev–Trinajstić information content (AvgIpc) is 3.37. The van der Waals surface area contributed by atoms with Crippen LogP contribution < -0.4 is 0 Å². The van der Waals surface area contributed by atoms with Gasteiger partial charge in [-0.25, -0.2) is 4.98 Å². The molecule has 184 valence electrons. The lowest BCUT2D eigenvalue weighted by Gasteiger charge is -2.31. The molecule has 0 aliphatic carbocycles. The first-order chi connectivity index (χ1) is 16.8. The van der Waals surface area contributed by atoms with Crippen molar-refractivity contribution in [2.24, 2.45) is 0 Å². The van der Waals surface area contributed by atoms with Crippen LogP contribution in [-0.2, 0) is 12.7 Å². The largest absolute Gasteiger partial charge is 0.417 e. The Balaban J connectivity index is 1.39. The highest BCUT2D eigenvalue weighted by Gasteiger charge is 2.36. The van der Waals surface area contributed by atoms with Gasteiger partial charge in [0.05, 0.1) is 16.1 Å². The smallest absolute Gasteiger partial charge is 0.339 e. The van der Waals surface area contributed by atoms with Crippen LogP contribution in [-0.4, -0.2) is 46.2 Å². The molecule has 1 saturated heterocycles. The second-order valence-corrected chi connectivity index (χ2v) is 9.38. The van der Waals surface area contributed by atoms with Gasteiger partial charge in [-0.15, -0.1) is 11.3 Å². The summed E-state index contributed by atoms with van der Waals surface area (Å²) in [6, 6.07) is 14.7. The second-order valence-electron chi connectivity index (χ2n) is 8.49. The van der Waals surface area contributed by atoms with Gasteiger partial charge in [0.2, 0.25) is 0 Å². The molecule has 2 aromatic carbocycles. The lowest BCUT2D eigenvalue weighted by molar-refractivity contribution is -0.138. The van der Waals surface area contributed by atoms with Crippen molar-refractivity contribution in [2.45, 2.75) is 38.4 Å². The first-order valence-corrected chi connectivity index (χ1v) is 12.4. The number of nitrogens with zero attached hydrogens (tertiary/aromatic N) is 3. The van der Waals surface area contributed by atoms with E-state index in [0.29, 0.717) is 44.7 Å². The average molecular weight is 502 g/mol. The Bertz CT molecular complexity index is 1170. The zero-order valence-electron chi connectivity index (χ0n) is 19.3. The van der Waals surface area contributed by atoms with Crippen LogP contribution in [0.5, 0.6) is 0 Å². The summed E-state index contributed by atoms with van der Waals surface area (Å²) in [5, 5.41) is 2.59. The molecule has 2 heterocycles. The molecule has 0 unspecified atom stereocenters. The summed E-state index contributed by atoms with van der Waals surface area (Å²) in [4.78, 5) is 33.6. The monoisotopic (exact) mass is 501 g/mol. The molecule has 4 rings (SSSR count). The third-order valence-corrected chi connectivity index (χ3v) is 7.23. The number of carbonyl (C=O) groups is 2. The molecule has 1 aliphatic rings. The molecule has 1 aromatic heterocycles. The summed E-state index contributed by atoms with van der Waals surface area (Å²) in [5.41, 5.74) is 0.215. The quantitative estimate of drug-likeness (QED) is 0.426. The van der Waals surface area contributed by atoms with E-state index in [0.717, 1.165) is 16.6 Å². The van der Waals surface area contributed by atoms with E-state index >= 15 is 0 Å². The van der Waals surface area contributed by atoms with Crippen molar-refractivity contribution < 1.29 is 22.8 Å². The number of carbonyl (C=O) groups excluding carboxylic acids is 2. The van der Waals surface area contributed by atoms with Crippen LogP contribution in [0.4, 0.5) is 13.2 Å². The minimum Gasteiger partial charge on any atom is -0.339 e. The van der Waals surface area contributed by atoms with Crippen molar-refractivity contribution in [3.8, 4) is 0 Å². The molecule has 0 atom stereocenters. The molecular formula is C26H26F3N3O2S. The van der Waals surface area contributed by atoms with Crippen molar-refractivity contribution >= 4 is 23.2 Å². The van der Waals surface area contributed by atoms with Gasteiger partial charge in [-0.05, 0) is 37.5 Å². The number of hydrogen-bond acceptors (Lipinski definition) is 4. The van der Waals surface area contributed by atoms with Crippen LogP contribution in [0.1, 0.15) is 62.7 Å². The molecule has 3 aromatic rings. The maximum absolute atomic E-state index is 13.3. The van der Waals surface area contributed by atoms with E-state index in [2.05, 4.69) is 4.98 Å². The number of likely N-dealkylation sites (tertiary alicyclic amines) is 1. The molecule has 0 N–H and O–H groups in total. The van der Waals surface area contributed by atoms with Crippen LogP contribution in [0.3, 0.4) is 0 Å². The Morgan fingerprint density at radius 3 is 2.37 bits per heavy atom. The highest BCUT2D eigenvalue weighted by molar-refractivity contribution is 7.09. The third-order valence-electron chi connectivity index (χ3n) is 6.22. The fraction of sp³-hybridized carbons (Fsp3) is 0.346. The molecule has 2 amide bonds. The van der Waals surface area contributed by atoms with E-state index in [1.807, 2.05) is 37.3 Å². The molecule has 0 bridgehead atoms. The minimum atomic E-state index is -4.58. The Kier molecular flexibility index (Phi) is 7.54. The summed E-state index contributed by atoms with van der Waals surface area (Å²) in [5.74, 6) is -0.672. The first kappa shape index (κ1) is 24.9. The molecule has 1 aliphatic heterocycles. The van der Waals surface area contributed by atoms with E-state index < -0.39 is 17.6 Å². The molecule has 5 nitrogen and oxygen atoms in total. The fourth-order valence-electron chi connectivity index (χ4n) is 4.28. The predicted octanol–water partition coefficient (Wildman–Crippen LogP) is 5.84. The van der Waals surface area contributed by atoms with E-state index in [-0.39, 0.29) is 17.4 Å². The van der Waals surface area contributed by atoms with Crippen LogP contribution in [0.2, 0.25) is 0 Å². The molecule has 0 saturated carbocycles. The maximum Gasteiger partial charge on any atom is 0.417 e. The molecule has 35 heavy (non-hydrogen) atoms. The maximum atomic E-state index is 13.3. The van der Waals surface area contributed by atoms with Crippen molar-refractivity contribution in [3.05, 3.63) is 87.4 Å². The Morgan fingerprint density at radius 1 is 1.06 bits per heavy atom. The first-order valence-electron chi connectivity index (χ1n) is 11.5. The number of piperidine rings is 1. The number of benzene rings is 2. The number of halogens is 3. The van der Waals surface area contributed by atoms with E-state index in [1.54, 1.807) is 10.3 Å². The van der Waals surface area contributed by atoms with E-state index in [9.17, 15) is 22.8 Å². The second kappa shape index (κ2) is 10.6. The predicted molar refractivity (Wildman–Crippen MR) is 128 cm³/mol. The van der Waals surface area contributed by atoms with Gasteiger partial charge in [0.15, 0.2) is 0 Å². The Morgan fingerprint density at radius 2 is 1.71 bits per heavy atom. The number of aromatic nitrogens is 1. The molecule has 9 heteroatoms. The van der Waals surface area contributed by atoms with E-state index in [4.69, 9.17) is 0 Å². The van der Waals surface area contributed by atoms with Gasteiger partial charge in [0.1, 0.15) is 5.69 Å². The highest BCUT2D eigenvalue weighted by atomic mass is 32.1. The Hall–Kier alpha value is -3.20. The van der Waals surface area contributed by atoms with Crippen molar-refractivity contribution in [1.82, 2.24) is 14.8 Å². The minimum absolute atomic E-state index is 0.0626. The van der Waals surface area contributed by atoms with E-state index in [1.165, 1.54) is 34.4 Å². The SMILES string of the molecule is CCN(Cc1ccccc1)C(=O)c1csc(C2CCN(C(=O)c3ccccc3C(F)(F)F)CC2)n1. The number of rotatable bonds is 6. The van der Waals surface area contributed by atoms with Crippen LogP contribution in [0.15, 0.2) is 60.0 Å². The van der Waals surface area contributed by atoms with Crippen LogP contribution >= 0.6 is 11.3 Å². The number of amides is 2. The summed E-state index contributed by atoms with van der Waals surface area (Å²) in [6.45, 7) is 3.67. The lowest BCUT2D eigenvalue weighted by Crippen LogP contribution is -2.38. The molecular weight excluding hydrogens is 475 g/mol. The number of hydrogen-bond donors (Lipinski definition) is 0. The fourth-order valence-corrected chi connectivity index (χ4v) is 5.25. The van der Waals surface area contributed by atoms with Crippen molar-refractivity contribution in [2.75, 3.05) is 19.6 Å². The number of alkyl halides is 3. The normalized spacial score (nSPS) is 14.7. The summed E-state index contributed by atoms with van der Waals surface area (Å²) in [7, 11) is 0. The van der Waals surface area contributed by atoms with Gasteiger partial charge in [-0.2, -0.15) is 13.2 Å². The zero-order chi connectivity index (χ0) is 25.0. The molecule has 1 fully saturated rings. The van der Waals surface area contributed by atoms with Crippen LogP contribution in [0.25, 0.3) is 0 Å². The summed E-state index contributed by atoms with van der Waals surface area (Å²) >= 11 is 1.42. The Labute approximate surface area is 206 Å². The molecule has 0 radical (unpaired) electrons. The van der Waals surface area contributed by atoms with Gasteiger partial charge < -0.3 is 9.80 Å². The topological polar surface area (TPSA) is 53.5 Å². The van der Waals surface area contributed by atoms with Gasteiger partial charge in [0.25, 0.3) is 11.8 Å². The van der Waals surface area contributed by atoms with Gasteiger partial charge in [-0.3, -0.25) is 9.59 Å². The number of thiazole rings is 1.